The van der Waals surface area contributed by atoms with E-state index in [-0.39, 0.29) is 11.6 Å². The smallest absolute Gasteiger partial charge is 0.0666 e. The summed E-state index contributed by atoms with van der Waals surface area (Å²) in [6.45, 7) is 7.43. The van der Waals surface area contributed by atoms with Crippen LogP contribution >= 0.6 is 11.6 Å². The Morgan fingerprint density at radius 3 is 2.89 bits per heavy atom. The molecule has 1 aliphatic rings. The Kier molecular flexibility index (Phi) is 4.88. The van der Waals surface area contributed by atoms with Crippen molar-refractivity contribution in [3.63, 3.8) is 0 Å². The normalized spacial score (nSPS) is 29.2. The summed E-state index contributed by atoms with van der Waals surface area (Å²) in [5.41, 5.74) is 1.20. The minimum Gasteiger partial charge on any atom is -0.375 e. The summed E-state index contributed by atoms with van der Waals surface area (Å²) >= 11 is 6.26. The van der Waals surface area contributed by atoms with Gasteiger partial charge >= 0.3 is 0 Å². The van der Waals surface area contributed by atoms with Gasteiger partial charge in [0, 0.05) is 23.7 Å². The summed E-state index contributed by atoms with van der Waals surface area (Å²) in [5, 5.41) is 4.54. The van der Waals surface area contributed by atoms with Gasteiger partial charge in [0.15, 0.2) is 0 Å². The van der Waals surface area contributed by atoms with E-state index >= 15 is 0 Å². The van der Waals surface area contributed by atoms with Crippen LogP contribution in [-0.2, 0) is 4.74 Å². The van der Waals surface area contributed by atoms with Crippen molar-refractivity contribution in [1.82, 2.24) is 5.32 Å². The molecule has 0 aromatic heterocycles. The van der Waals surface area contributed by atoms with Gasteiger partial charge < -0.3 is 10.1 Å². The molecule has 1 N–H and O–H groups in total. The topological polar surface area (TPSA) is 21.3 Å². The van der Waals surface area contributed by atoms with E-state index in [2.05, 4.69) is 32.2 Å². The molecule has 3 heteroatoms. The van der Waals surface area contributed by atoms with Gasteiger partial charge in [0.25, 0.3) is 0 Å². The largest absolute Gasteiger partial charge is 0.375 e. The fourth-order valence-electron chi connectivity index (χ4n) is 2.79. The summed E-state index contributed by atoms with van der Waals surface area (Å²) in [4.78, 5) is 0. The highest BCUT2D eigenvalue weighted by Gasteiger charge is 2.32. The van der Waals surface area contributed by atoms with Crippen LogP contribution in [0.25, 0.3) is 0 Å². The maximum absolute atomic E-state index is 6.26. The molecule has 1 fully saturated rings. The lowest BCUT2D eigenvalue weighted by molar-refractivity contribution is -0.0789. The first-order chi connectivity index (χ1) is 9.04. The highest BCUT2D eigenvalue weighted by Crippen LogP contribution is 2.30. The summed E-state index contributed by atoms with van der Waals surface area (Å²) in [7, 11) is 0. The molecule has 3 atom stereocenters. The number of nitrogens with one attached hydrogen (secondary N) is 1. The molecule has 0 bridgehead atoms. The van der Waals surface area contributed by atoms with E-state index in [0.29, 0.717) is 6.04 Å². The monoisotopic (exact) mass is 281 g/mol. The zero-order valence-electron chi connectivity index (χ0n) is 12.1. The standard InChI is InChI=1S/C16H24ClNO/c1-4-16(3)11-13(9-10-19-16)18-12(2)14-7-5-6-8-15(14)17/h5-8,12-13,18H,4,9-11H2,1-3H3/t12-,13?,16?/m1/s1. The van der Waals surface area contributed by atoms with Gasteiger partial charge in [0.05, 0.1) is 5.60 Å². The second-order valence-electron chi connectivity index (χ2n) is 5.75. The molecule has 0 spiro atoms. The van der Waals surface area contributed by atoms with Gasteiger partial charge in [-0.3, -0.25) is 0 Å². The molecule has 1 aromatic carbocycles. The highest BCUT2D eigenvalue weighted by molar-refractivity contribution is 6.31. The fraction of sp³-hybridized carbons (Fsp3) is 0.625. The zero-order chi connectivity index (χ0) is 13.9. The van der Waals surface area contributed by atoms with Crippen molar-refractivity contribution < 1.29 is 4.74 Å². The van der Waals surface area contributed by atoms with Crippen molar-refractivity contribution in [3.05, 3.63) is 34.9 Å². The highest BCUT2D eigenvalue weighted by atomic mass is 35.5. The summed E-state index contributed by atoms with van der Waals surface area (Å²) in [5.74, 6) is 0. The minimum atomic E-state index is 0.0239. The third-order valence-electron chi connectivity index (χ3n) is 4.20. The maximum atomic E-state index is 6.26. The molecule has 0 saturated carbocycles. The molecule has 0 amide bonds. The van der Waals surface area contributed by atoms with E-state index in [1.807, 2.05) is 18.2 Å². The second-order valence-corrected chi connectivity index (χ2v) is 6.16. The van der Waals surface area contributed by atoms with E-state index in [1.54, 1.807) is 0 Å². The Labute approximate surface area is 121 Å². The van der Waals surface area contributed by atoms with Crippen molar-refractivity contribution in [3.8, 4) is 0 Å². The molecule has 0 aliphatic carbocycles. The Hall–Kier alpha value is -0.570. The van der Waals surface area contributed by atoms with Crippen LogP contribution in [0, 0.1) is 0 Å². The van der Waals surface area contributed by atoms with Crippen LogP contribution < -0.4 is 5.32 Å². The Morgan fingerprint density at radius 1 is 1.47 bits per heavy atom. The van der Waals surface area contributed by atoms with E-state index in [4.69, 9.17) is 16.3 Å². The van der Waals surface area contributed by atoms with E-state index < -0.39 is 0 Å². The lowest BCUT2D eigenvalue weighted by Gasteiger charge is -2.39. The molecule has 106 valence electrons. The Morgan fingerprint density at radius 2 is 2.21 bits per heavy atom. The third-order valence-corrected chi connectivity index (χ3v) is 4.54. The summed E-state index contributed by atoms with van der Waals surface area (Å²) < 4.78 is 5.89. The van der Waals surface area contributed by atoms with Gasteiger partial charge in [-0.25, -0.2) is 0 Å². The second kappa shape index (κ2) is 6.25. The molecular weight excluding hydrogens is 258 g/mol. The van der Waals surface area contributed by atoms with E-state index in [1.165, 1.54) is 5.56 Å². The van der Waals surface area contributed by atoms with Crippen LogP contribution in [0.5, 0.6) is 0 Å². The number of hydrogen-bond donors (Lipinski definition) is 1. The Balaban J connectivity index is 1.99. The van der Waals surface area contributed by atoms with E-state index in [9.17, 15) is 0 Å². The molecule has 1 aliphatic heterocycles. The van der Waals surface area contributed by atoms with Gasteiger partial charge in [-0.2, -0.15) is 0 Å². The van der Waals surface area contributed by atoms with Gasteiger partial charge in [0.1, 0.15) is 0 Å². The molecule has 2 unspecified atom stereocenters. The number of rotatable bonds is 4. The SMILES string of the molecule is CCC1(C)CC(N[C@H](C)c2ccccc2Cl)CCO1. The Bertz CT molecular complexity index is 423. The van der Waals surface area contributed by atoms with Crippen LogP contribution in [0.15, 0.2) is 24.3 Å². The molecule has 2 nitrogen and oxygen atoms in total. The number of halogens is 1. The van der Waals surface area contributed by atoms with Crippen LogP contribution in [0.2, 0.25) is 5.02 Å². The van der Waals surface area contributed by atoms with Crippen LogP contribution in [0.1, 0.15) is 51.6 Å². The molecule has 0 radical (unpaired) electrons. The van der Waals surface area contributed by atoms with Crippen molar-refractivity contribution in [1.29, 1.82) is 0 Å². The van der Waals surface area contributed by atoms with Crippen LogP contribution in [-0.4, -0.2) is 18.2 Å². The lowest BCUT2D eigenvalue weighted by atomic mass is 9.89. The summed E-state index contributed by atoms with van der Waals surface area (Å²) in [6.07, 6.45) is 3.20. The summed E-state index contributed by atoms with van der Waals surface area (Å²) in [6, 6.07) is 8.84. The van der Waals surface area contributed by atoms with Gasteiger partial charge in [-0.1, -0.05) is 36.7 Å². The van der Waals surface area contributed by atoms with E-state index in [0.717, 1.165) is 30.9 Å². The molecule has 1 saturated heterocycles. The van der Waals surface area contributed by atoms with Crippen molar-refractivity contribution in [2.75, 3.05) is 6.61 Å². The van der Waals surface area contributed by atoms with Gasteiger partial charge in [0.2, 0.25) is 0 Å². The lowest BCUT2D eigenvalue weighted by Crippen LogP contribution is -2.45. The van der Waals surface area contributed by atoms with Gasteiger partial charge in [-0.15, -0.1) is 0 Å². The predicted octanol–water partition coefficient (Wildman–Crippen LogP) is 4.34. The minimum absolute atomic E-state index is 0.0239. The molecular formula is C16H24ClNO. The van der Waals surface area contributed by atoms with Crippen molar-refractivity contribution in [2.24, 2.45) is 0 Å². The number of benzene rings is 1. The third kappa shape index (κ3) is 3.71. The fourth-order valence-corrected chi connectivity index (χ4v) is 3.09. The van der Waals surface area contributed by atoms with Crippen molar-refractivity contribution >= 4 is 11.6 Å². The van der Waals surface area contributed by atoms with Crippen LogP contribution in [0.3, 0.4) is 0 Å². The zero-order valence-corrected chi connectivity index (χ0v) is 12.8. The first-order valence-corrected chi connectivity index (χ1v) is 7.56. The maximum Gasteiger partial charge on any atom is 0.0666 e. The molecule has 1 aromatic rings. The molecule has 19 heavy (non-hydrogen) atoms. The van der Waals surface area contributed by atoms with Crippen molar-refractivity contribution in [2.45, 2.75) is 57.7 Å². The number of hydrogen-bond acceptors (Lipinski definition) is 2. The first-order valence-electron chi connectivity index (χ1n) is 7.18. The molecule has 1 heterocycles. The predicted molar refractivity (Wildman–Crippen MR) is 80.7 cm³/mol. The van der Waals surface area contributed by atoms with Crippen LogP contribution in [0.4, 0.5) is 0 Å². The molecule has 2 rings (SSSR count). The quantitative estimate of drug-likeness (QED) is 0.886. The van der Waals surface area contributed by atoms with Gasteiger partial charge in [-0.05, 0) is 44.7 Å². The average Bonchev–Trinajstić information content (AvgIpc) is 2.39. The average molecular weight is 282 g/mol. The number of ether oxygens (including phenoxy) is 1. The first kappa shape index (κ1) is 14.8.